The number of aliphatic hydroxyl groups excluding tert-OH is 2. The standard InChI is InChI=1S/C19H20FNO3.C4H6O6/c20-15-3-1-13(2-4-15)17-7-8-21-10-14(17)11-22-16-5-6-18-19(9-16)24-12-23-18;5-1(3(7)8)2(6)4(9)10/h1-6,9,14,17,21H,7-8,10-12H2;1-2,5-6H,(H,7,8)(H,9,10)/t;1-,2-/m.1/s1. The van der Waals surface area contributed by atoms with Gasteiger partial charge in [0.2, 0.25) is 6.79 Å². The molecule has 10 nitrogen and oxygen atoms in total. The van der Waals surface area contributed by atoms with Gasteiger partial charge >= 0.3 is 11.9 Å². The predicted octanol–water partition coefficient (Wildman–Crippen LogP) is 1.20. The summed E-state index contributed by atoms with van der Waals surface area (Å²) >= 11 is 0. The number of nitrogens with one attached hydrogen (secondary N) is 1. The zero-order valence-electron chi connectivity index (χ0n) is 18.1. The predicted molar refractivity (Wildman–Crippen MR) is 115 cm³/mol. The molecule has 2 aromatic carbocycles. The minimum Gasteiger partial charge on any atom is -0.493 e. The van der Waals surface area contributed by atoms with Gasteiger partial charge in [0.25, 0.3) is 0 Å². The molecule has 1 saturated heterocycles. The van der Waals surface area contributed by atoms with E-state index in [0.29, 0.717) is 18.4 Å². The van der Waals surface area contributed by atoms with Crippen molar-refractivity contribution in [1.29, 1.82) is 0 Å². The largest absolute Gasteiger partial charge is 0.493 e. The molecule has 4 atom stereocenters. The summed E-state index contributed by atoms with van der Waals surface area (Å²) in [5.41, 5.74) is 1.18. The van der Waals surface area contributed by atoms with E-state index in [-0.39, 0.29) is 12.6 Å². The minimum absolute atomic E-state index is 0.194. The highest BCUT2D eigenvalue weighted by Crippen LogP contribution is 2.36. The quantitative estimate of drug-likeness (QED) is 0.391. The van der Waals surface area contributed by atoms with Crippen molar-refractivity contribution in [1.82, 2.24) is 5.32 Å². The van der Waals surface area contributed by atoms with Crippen LogP contribution < -0.4 is 19.5 Å². The van der Waals surface area contributed by atoms with Crippen LogP contribution in [0.2, 0.25) is 0 Å². The molecule has 0 saturated carbocycles. The smallest absolute Gasteiger partial charge is 0.335 e. The monoisotopic (exact) mass is 479 g/mol. The van der Waals surface area contributed by atoms with Crippen molar-refractivity contribution < 1.29 is 48.6 Å². The van der Waals surface area contributed by atoms with Crippen LogP contribution in [0.5, 0.6) is 17.2 Å². The lowest BCUT2D eigenvalue weighted by Gasteiger charge is -2.32. The molecular formula is C23H26FNO9. The number of carbonyl (C=O) groups is 2. The van der Waals surface area contributed by atoms with Crippen LogP contribution in [-0.4, -0.2) is 71.1 Å². The summed E-state index contributed by atoms with van der Waals surface area (Å²) in [6, 6.07) is 12.5. The van der Waals surface area contributed by atoms with E-state index in [1.165, 1.54) is 17.7 Å². The van der Waals surface area contributed by atoms with E-state index < -0.39 is 24.1 Å². The Kier molecular flexibility index (Phi) is 8.63. The molecule has 34 heavy (non-hydrogen) atoms. The third kappa shape index (κ3) is 6.56. The number of hydrogen-bond donors (Lipinski definition) is 5. The topological polar surface area (TPSA) is 155 Å². The molecule has 184 valence electrons. The average molecular weight is 479 g/mol. The number of ether oxygens (including phenoxy) is 3. The zero-order chi connectivity index (χ0) is 24.7. The van der Waals surface area contributed by atoms with Crippen molar-refractivity contribution in [2.24, 2.45) is 5.92 Å². The Hall–Kier alpha value is -3.41. The molecular weight excluding hydrogens is 453 g/mol. The molecule has 2 aromatic rings. The van der Waals surface area contributed by atoms with Crippen LogP contribution in [0.1, 0.15) is 17.9 Å². The second-order valence-corrected chi connectivity index (χ2v) is 7.80. The Bertz CT molecular complexity index is 967. The van der Waals surface area contributed by atoms with E-state index in [2.05, 4.69) is 5.32 Å². The highest BCUT2D eigenvalue weighted by atomic mass is 19.1. The minimum atomic E-state index is -2.27. The van der Waals surface area contributed by atoms with E-state index in [1.807, 2.05) is 30.3 Å². The summed E-state index contributed by atoms with van der Waals surface area (Å²) in [4.78, 5) is 19.5. The average Bonchev–Trinajstić information content (AvgIpc) is 3.31. The fraction of sp³-hybridized carbons (Fsp3) is 0.391. The summed E-state index contributed by atoms with van der Waals surface area (Å²) in [5.74, 6) is -0.751. The summed E-state index contributed by atoms with van der Waals surface area (Å²) < 4.78 is 29.9. The van der Waals surface area contributed by atoms with Crippen LogP contribution in [0, 0.1) is 11.7 Å². The summed E-state index contributed by atoms with van der Waals surface area (Å²) in [6.07, 6.45) is -3.50. The molecule has 0 aromatic heterocycles. The highest BCUT2D eigenvalue weighted by molar-refractivity contribution is 5.83. The molecule has 2 heterocycles. The molecule has 0 aliphatic carbocycles. The van der Waals surface area contributed by atoms with Crippen LogP contribution in [0.3, 0.4) is 0 Å². The molecule has 1 fully saturated rings. The van der Waals surface area contributed by atoms with Gasteiger partial charge in [0, 0.05) is 18.5 Å². The molecule has 0 bridgehead atoms. The number of aliphatic hydroxyl groups is 2. The fourth-order valence-corrected chi connectivity index (χ4v) is 3.69. The first-order chi connectivity index (χ1) is 16.3. The van der Waals surface area contributed by atoms with Crippen LogP contribution in [-0.2, 0) is 9.59 Å². The maximum Gasteiger partial charge on any atom is 0.335 e. The van der Waals surface area contributed by atoms with Crippen molar-refractivity contribution in [3.63, 3.8) is 0 Å². The maximum atomic E-state index is 13.2. The molecule has 11 heteroatoms. The van der Waals surface area contributed by atoms with Crippen molar-refractivity contribution in [3.8, 4) is 17.2 Å². The number of carboxylic acids is 2. The number of fused-ring (bicyclic) bond motifs is 1. The Morgan fingerprint density at radius 2 is 1.68 bits per heavy atom. The SMILES string of the molecule is Fc1ccc(C2CCNCC2COc2ccc3c(c2)OCO3)cc1.O=C(O)[C@H](O)[C@@H](O)C(=O)O. The molecule has 2 unspecified atom stereocenters. The van der Waals surface area contributed by atoms with Crippen LogP contribution >= 0.6 is 0 Å². The number of carboxylic acid groups (broad SMARTS) is 2. The van der Waals surface area contributed by atoms with E-state index in [1.54, 1.807) is 0 Å². The van der Waals surface area contributed by atoms with Crippen LogP contribution in [0.15, 0.2) is 42.5 Å². The van der Waals surface area contributed by atoms with Crippen molar-refractivity contribution in [3.05, 3.63) is 53.8 Å². The van der Waals surface area contributed by atoms with Gasteiger partial charge in [-0.25, -0.2) is 14.0 Å². The Morgan fingerprint density at radius 3 is 2.32 bits per heavy atom. The van der Waals surface area contributed by atoms with E-state index in [0.717, 1.165) is 36.8 Å². The Morgan fingerprint density at radius 1 is 1.03 bits per heavy atom. The zero-order valence-corrected chi connectivity index (χ0v) is 18.1. The molecule has 0 spiro atoms. The van der Waals surface area contributed by atoms with Crippen LogP contribution in [0.25, 0.3) is 0 Å². The van der Waals surface area contributed by atoms with Crippen molar-refractivity contribution in [2.75, 3.05) is 26.5 Å². The molecule has 2 aliphatic rings. The molecule has 4 rings (SSSR count). The first kappa shape index (κ1) is 25.2. The van der Waals surface area contributed by atoms with Gasteiger partial charge in [-0.3, -0.25) is 0 Å². The maximum absolute atomic E-state index is 13.2. The Labute approximate surface area is 194 Å². The third-order valence-corrected chi connectivity index (χ3v) is 5.52. The van der Waals surface area contributed by atoms with Crippen molar-refractivity contribution in [2.45, 2.75) is 24.5 Å². The second kappa shape index (κ2) is 11.6. The van der Waals surface area contributed by atoms with Gasteiger partial charge in [0.15, 0.2) is 23.7 Å². The van der Waals surface area contributed by atoms with E-state index in [4.69, 9.17) is 34.6 Å². The van der Waals surface area contributed by atoms with Crippen molar-refractivity contribution >= 4 is 11.9 Å². The Balaban J connectivity index is 0.000000277. The number of halogens is 1. The van der Waals surface area contributed by atoms with Gasteiger partial charge in [0.1, 0.15) is 11.6 Å². The first-order valence-corrected chi connectivity index (χ1v) is 10.6. The lowest BCUT2D eigenvalue weighted by molar-refractivity contribution is -0.165. The van der Waals surface area contributed by atoms with Gasteiger partial charge in [-0.05, 0) is 48.7 Å². The van der Waals surface area contributed by atoms with Gasteiger partial charge in [-0.1, -0.05) is 12.1 Å². The molecule has 2 aliphatic heterocycles. The molecule has 0 amide bonds. The first-order valence-electron chi connectivity index (χ1n) is 10.6. The number of rotatable bonds is 7. The van der Waals surface area contributed by atoms with E-state index in [9.17, 15) is 14.0 Å². The molecule has 0 radical (unpaired) electrons. The highest BCUT2D eigenvalue weighted by Gasteiger charge is 2.29. The van der Waals surface area contributed by atoms with E-state index >= 15 is 0 Å². The number of aliphatic carboxylic acids is 2. The van der Waals surface area contributed by atoms with Gasteiger partial charge in [-0.15, -0.1) is 0 Å². The van der Waals surface area contributed by atoms with Crippen LogP contribution in [0.4, 0.5) is 4.39 Å². The summed E-state index contributed by atoms with van der Waals surface area (Å²) in [7, 11) is 0. The van der Waals surface area contributed by atoms with Gasteiger partial charge in [0.05, 0.1) is 6.61 Å². The normalized spacial score (nSPS) is 20.4. The van der Waals surface area contributed by atoms with Gasteiger partial charge in [-0.2, -0.15) is 0 Å². The van der Waals surface area contributed by atoms with Gasteiger partial charge < -0.3 is 40.0 Å². The molecule has 5 N–H and O–H groups in total. The number of piperidine rings is 1. The summed E-state index contributed by atoms with van der Waals surface area (Å²) in [5, 5.41) is 36.0. The number of benzene rings is 2. The number of hydrogen-bond acceptors (Lipinski definition) is 8. The second-order valence-electron chi connectivity index (χ2n) is 7.80. The lowest BCUT2D eigenvalue weighted by atomic mass is 9.81. The fourth-order valence-electron chi connectivity index (χ4n) is 3.69. The third-order valence-electron chi connectivity index (χ3n) is 5.52. The lowest BCUT2D eigenvalue weighted by Crippen LogP contribution is -2.39. The summed E-state index contributed by atoms with van der Waals surface area (Å²) in [6.45, 7) is 2.74.